The molecule has 0 spiro atoms. The molecule has 2 aliphatic carbocycles. The molecule has 0 bridgehead atoms. The minimum absolute atomic E-state index is 0.327. The number of Topliss-reactive ketones (excluding diaryl/α,β-unsaturated/α-hetero) is 1. The topological polar surface area (TPSA) is 26.3 Å². The van der Waals surface area contributed by atoms with Gasteiger partial charge in [0.1, 0.15) is 5.78 Å². The fraction of sp³-hybridized carbons (Fsp3) is 0.923. The first-order valence-electron chi connectivity index (χ1n) is 6.46. The molecule has 0 aromatic rings. The molecule has 2 rings (SSSR count). The van der Waals surface area contributed by atoms with Gasteiger partial charge in [-0.3, -0.25) is 4.79 Å². The van der Waals surface area contributed by atoms with E-state index in [1.807, 2.05) is 0 Å². The van der Waals surface area contributed by atoms with Crippen LogP contribution in [0.25, 0.3) is 0 Å². The normalized spacial score (nSPS) is 27.7. The van der Waals surface area contributed by atoms with Gasteiger partial charge in [-0.15, -0.1) is 0 Å². The first-order chi connectivity index (χ1) is 7.36. The van der Waals surface area contributed by atoms with E-state index in [4.69, 9.17) is 4.74 Å². The standard InChI is InChI=1S/C13H22O2/c14-13-7-3-6-12(13)8-9-15-10-11-4-1-2-5-11/h11-12H,1-10H2. The molecule has 1 atom stereocenters. The zero-order chi connectivity index (χ0) is 10.5. The van der Waals surface area contributed by atoms with Crippen LogP contribution in [-0.4, -0.2) is 19.0 Å². The number of ketones is 1. The van der Waals surface area contributed by atoms with E-state index < -0.39 is 0 Å². The quantitative estimate of drug-likeness (QED) is 0.652. The van der Waals surface area contributed by atoms with Crippen molar-refractivity contribution in [2.75, 3.05) is 13.2 Å². The first-order valence-corrected chi connectivity index (χ1v) is 6.46. The van der Waals surface area contributed by atoms with Crippen molar-refractivity contribution in [3.63, 3.8) is 0 Å². The first kappa shape index (κ1) is 11.1. The third kappa shape index (κ3) is 3.30. The van der Waals surface area contributed by atoms with Crippen LogP contribution < -0.4 is 0 Å². The molecule has 2 aliphatic rings. The Balaban J connectivity index is 1.52. The van der Waals surface area contributed by atoms with Crippen molar-refractivity contribution in [1.82, 2.24) is 0 Å². The summed E-state index contributed by atoms with van der Waals surface area (Å²) in [6.45, 7) is 1.73. The third-order valence-corrected chi connectivity index (χ3v) is 3.87. The van der Waals surface area contributed by atoms with Gasteiger partial charge >= 0.3 is 0 Å². The van der Waals surface area contributed by atoms with Gasteiger partial charge in [0.25, 0.3) is 0 Å². The fourth-order valence-electron chi connectivity index (χ4n) is 2.85. The van der Waals surface area contributed by atoms with Crippen LogP contribution in [0.3, 0.4) is 0 Å². The van der Waals surface area contributed by atoms with Gasteiger partial charge in [-0.05, 0) is 38.0 Å². The molecule has 15 heavy (non-hydrogen) atoms. The lowest BCUT2D eigenvalue weighted by atomic mass is 10.0. The van der Waals surface area contributed by atoms with E-state index in [1.54, 1.807) is 0 Å². The highest BCUT2D eigenvalue weighted by molar-refractivity contribution is 5.82. The number of hydrogen-bond acceptors (Lipinski definition) is 2. The molecular formula is C13H22O2. The Morgan fingerprint density at radius 2 is 1.93 bits per heavy atom. The molecule has 86 valence electrons. The Morgan fingerprint density at radius 1 is 1.13 bits per heavy atom. The molecule has 0 heterocycles. The molecule has 2 nitrogen and oxygen atoms in total. The van der Waals surface area contributed by atoms with Crippen LogP contribution in [0.2, 0.25) is 0 Å². The van der Waals surface area contributed by atoms with E-state index in [-0.39, 0.29) is 0 Å². The van der Waals surface area contributed by atoms with E-state index >= 15 is 0 Å². The summed E-state index contributed by atoms with van der Waals surface area (Å²) in [5, 5.41) is 0. The lowest BCUT2D eigenvalue weighted by Crippen LogP contribution is -2.12. The van der Waals surface area contributed by atoms with E-state index in [2.05, 4.69) is 0 Å². The molecule has 2 heteroatoms. The maximum absolute atomic E-state index is 11.4. The van der Waals surface area contributed by atoms with E-state index in [9.17, 15) is 4.79 Å². The molecule has 0 aromatic heterocycles. The summed E-state index contributed by atoms with van der Waals surface area (Å²) in [5.74, 6) is 1.61. The van der Waals surface area contributed by atoms with Crippen molar-refractivity contribution < 1.29 is 9.53 Å². The Kier molecular flexibility index (Phi) is 4.18. The second kappa shape index (κ2) is 5.64. The lowest BCUT2D eigenvalue weighted by molar-refractivity contribution is -0.121. The summed E-state index contributed by atoms with van der Waals surface area (Å²) in [6.07, 6.45) is 9.45. The summed E-state index contributed by atoms with van der Waals surface area (Å²) < 4.78 is 5.68. The number of carbonyl (C=O) groups excluding carboxylic acids is 1. The highest BCUT2D eigenvalue weighted by Crippen LogP contribution is 2.26. The SMILES string of the molecule is O=C1CCCC1CCOCC1CCCC1. The van der Waals surface area contributed by atoms with Gasteiger partial charge in [0.05, 0.1) is 0 Å². The van der Waals surface area contributed by atoms with Crippen LogP contribution in [0.15, 0.2) is 0 Å². The number of ether oxygens (including phenoxy) is 1. The Hall–Kier alpha value is -0.370. The predicted molar refractivity (Wildman–Crippen MR) is 59.7 cm³/mol. The third-order valence-electron chi connectivity index (χ3n) is 3.87. The van der Waals surface area contributed by atoms with E-state index in [0.717, 1.165) is 44.8 Å². The molecule has 0 saturated heterocycles. The largest absolute Gasteiger partial charge is 0.381 e. The van der Waals surface area contributed by atoms with Gasteiger partial charge in [0.2, 0.25) is 0 Å². The van der Waals surface area contributed by atoms with Crippen LogP contribution in [0, 0.1) is 11.8 Å². The summed E-state index contributed by atoms with van der Waals surface area (Å²) in [4.78, 5) is 11.4. The Labute approximate surface area is 92.4 Å². The maximum atomic E-state index is 11.4. The molecule has 0 radical (unpaired) electrons. The molecular weight excluding hydrogens is 188 g/mol. The van der Waals surface area contributed by atoms with E-state index in [0.29, 0.717) is 11.7 Å². The molecule has 0 N–H and O–H groups in total. The van der Waals surface area contributed by atoms with Crippen molar-refractivity contribution in [1.29, 1.82) is 0 Å². The van der Waals surface area contributed by atoms with Crippen molar-refractivity contribution in [3.8, 4) is 0 Å². The summed E-state index contributed by atoms with van der Waals surface area (Å²) in [6, 6.07) is 0. The molecule has 0 aliphatic heterocycles. The number of carbonyl (C=O) groups is 1. The number of rotatable bonds is 5. The lowest BCUT2D eigenvalue weighted by Gasteiger charge is -2.11. The van der Waals surface area contributed by atoms with Gasteiger partial charge in [0.15, 0.2) is 0 Å². The summed E-state index contributed by atoms with van der Waals surface area (Å²) in [7, 11) is 0. The summed E-state index contributed by atoms with van der Waals surface area (Å²) >= 11 is 0. The van der Waals surface area contributed by atoms with Crippen LogP contribution in [0.5, 0.6) is 0 Å². The van der Waals surface area contributed by atoms with Crippen LogP contribution in [0.1, 0.15) is 51.4 Å². The fourth-order valence-corrected chi connectivity index (χ4v) is 2.85. The predicted octanol–water partition coefficient (Wildman–Crippen LogP) is 2.95. The smallest absolute Gasteiger partial charge is 0.136 e. The molecule has 0 aromatic carbocycles. The average Bonchev–Trinajstić information content (AvgIpc) is 2.85. The number of hydrogen-bond donors (Lipinski definition) is 0. The molecule has 2 saturated carbocycles. The van der Waals surface area contributed by atoms with Gasteiger partial charge in [-0.25, -0.2) is 0 Å². The summed E-state index contributed by atoms with van der Waals surface area (Å²) in [5.41, 5.74) is 0. The monoisotopic (exact) mass is 210 g/mol. The van der Waals surface area contributed by atoms with Crippen LogP contribution in [0.4, 0.5) is 0 Å². The molecule has 1 unspecified atom stereocenters. The highest BCUT2D eigenvalue weighted by atomic mass is 16.5. The van der Waals surface area contributed by atoms with Crippen molar-refractivity contribution >= 4 is 5.78 Å². The van der Waals surface area contributed by atoms with Gasteiger partial charge < -0.3 is 4.74 Å². The molecule has 2 fully saturated rings. The van der Waals surface area contributed by atoms with Crippen molar-refractivity contribution in [3.05, 3.63) is 0 Å². The Morgan fingerprint density at radius 3 is 2.60 bits per heavy atom. The minimum Gasteiger partial charge on any atom is -0.381 e. The highest BCUT2D eigenvalue weighted by Gasteiger charge is 2.23. The van der Waals surface area contributed by atoms with Gasteiger partial charge in [0, 0.05) is 25.6 Å². The van der Waals surface area contributed by atoms with Gasteiger partial charge in [-0.2, -0.15) is 0 Å². The van der Waals surface area contributed by atoms with Crippen molar-refractivity contribution in [2.45, 2.75) is 51.4 Å². The maximum Gasteiger partial charge on any atom is 0.136 e. The molecule has 0 amide bonds. The van der Waals surface area contributed by atoms with Crippen molar-refractivity contribution in [2.24, 2.45) is 11.8 Å². The average molecular weight is 210 g/mol. The second-order valence-corrected chi connectivity index (χ2v) is 5.07. The zero-order valence-corrected chi connectivity index (χ0v) is 9.54. The van der Waals surface area contributed by atoms with Gasteiger partial charge in [-0.1, -0.05) is 12.8 Å². The van der Waals surface area contributed by atoms with Crippen LogP contribution in [-0.2, 0) is 9.53 Å². The van der Waals surface area contributed by atoms with Crippen LogP contribution >= 0.6 is 0 Å². The van der Waals surface area contributed by atoms with E-state index in [1.165, 1.54) is 25.7 Å². The Bertz CT molecular complexity index is 207. The minimum atomic E-state index is 0.327. The second-order valence-electron chi connectivity index (χ2n) is 5.07. The zero-order valence-electron chi connectivity index (χ0n) is 9.54.